The third-order valence-corrected chi connectivity index (χ3v) is 4.50. The molecule has 0 radical (unpaired) electrons. The number of nitrogen functional groups attached to an aromatic ring is 1. The van der Waals surface area contributed by atoms with Crippen LogP contribution in [0, 0.1) is 11.3 Å². The lowest BCUT2D eigenvalue weighted by molar-refractivity contribution is 0.101. The smallest absolute Gasteiger partial charge is 0.161 e. The number of carbonyl (C=O) groups is 1. The van der Waals surface area contributed by atoms with E-state index >= 15 is 0 Å². The van der Waals surface area contributed by atoms with Gasteiger partial charge in [-0.05, 0) is 49.3 Å². The molecule has 1 aliphatic heterocycles. The van der Waals surface area contributed by atoms with Crippen LogP contribution in [0.2, 0.25) is 0 Å². The van der Waals surface area contributed by atoms with E-state index in [2.05, 4.69) is 25.7 Å². The Morgan fingerprint density at radius 2 is 1.85 bits per heavy atom. The summed E-state index contributed by atoms with van der Waals surface area (Å²) in [6, 6.07) is 5.82. The highest BCUT2D eigenvalue weighted by atomic mass is 16.1. The van der Waals surface area contributed by atoms with Crippen molar-refractivity contribution in [3.05, 3.63) is 23.8 Å². The molecule has 20 heavy (non-hydrogen) atoms. The van der Waals surface area contributed by atoms with Gasteiger partial charge in [0.25, 0.3) is 0 Å². The minimum absolute atomic E-state index is 0.0360. The van der Waals surface area contributed by atoms with E-state index in [1.54, 1.807) is 6.92 Å². The van der Waals surface area contributed by atoms with Crippen molar-refractivity contribution in [1.82, 2.24) is 0 Å². The quantitative estimate of drug-likeness (QED) is 0.660. The fourth-order valence-corrected chi connectivity index (χ4v) is 3.05. The minimum atomic E-state index is 0.0360. The van der Waals surface area contributed by atoms with Crippen molar-refractivity contribution >= 4 is 17.2 Å². The zero-order chi connectivity index (χ0) is 14.9. The molecule has 2 rings (SSSR count). The second-order valence-corrected chi connectivity index (χ2v) is 6.96. The van der Waals surface area contributed by atoms with Crippen LogP contribution in [0.15, 0.2) is 18.2 Å². The molecule has 0 amide bonds. The molecule has 0 aromatic heterocycles. The lowest BCUT2D eigenvalue weighted by Gasteiger charge is -2.39. The molecule has 1 fully saturated rings. The van der Waals surface area contributed by atoms with Crippen LogP contribution in [0.5, 0.6) is 0 Å². The van der Waals surface area contributed by atoms with Crippen molar-refractivity contribution in [2.24, 2.45) is 11.3 Å². The van der Waals surface area contributed by atoms with Crippen LogP contribution in [-0.4, -0.2) is 18.9 Å². The number of benzene rings is 1. The van der Waals surface area contributed by atoms with Gasteiger partial charge in [0.2, 0.25) is 0 Å². The van der Waals surface area contributed by atoms with Gasteiger partial charge >= 0.3 is 0 Å². The number of ketones is 1. The van der Waals surface area contributed by atoms with E-state index in [9.17, 15) is 4.79 Å². The van der Waals surface area contributed by atoms with E-state index < -0.39 is 0 Å². The first-order valence-electron chi connectivity index (χ1n) is 7.44. The van der Waals surface area contributed by atoms with Crippen molar-refractivity contribution in [2.75, 3.05) is 23.7 Å². The summed E-state index contributed by atoms with van der Waals surface area (Å²) >= 11 is 0. The van der Waals surface area contributed by atoms with E-state index in [0.29, 0.717) is 16.7 Å². The molecule has 0 saturated carbocycles. The lowest BCUT2D eigenvalue weighted by atomic mass is 9.75. The van der Waals surface area contributed by atoms with Gasteiger partial charge in [0, 0.05) is 30.0 Å². The summed E-state index contributed by atoms with van der Waals surface area (Å²) in [5.41, 5.74) is 8.58. The third kappa shape index (κ3) is 3.14. The van der Waals surface area contributed by atoms with Crippen LogP contribution in [0.1, 0.15) is 50.9 Å². The van der Waals surface area contributed by atoms with Gasteiger partial charge in [-0.2, -0.15) is 0 Å². The second kappa shape index (κ2) is 5.47. The van der Waals surface area contributed by atoms with Crippen LogP contribution in [0.4, 0.5) is 11.4 Å². The van der Waals surface area contributed by atoms with Gasteiger partial charge in [-0.15, -0.1) is 0 Å². The standard InChI is InChI=1S/C17H26N2O/c1-12(20)15-11-14(5-6-16(15)18)19-9-7-13(8-10-19)17(2,3)4/h5-6,11,13H,7-10,18H2,1-4H3. The number of nitrogens with two attached hydrogens (primary N) is 1. The highest BCUT2D eigenvalue weighted by Gasteiger charge is 2.28. The topological polar surface area (TPSA) is 46.3 Å². The molecule has 0 bridgehead atoms. The number of nitrogens with zero attached hydrogens (tertiary/aromatic N) is 1. The normalized spacial score (nSPS) is 17.3. The Balaban J connectivity index is 2.11. The molecule has 0 spiro atoms. The van der Waals surface area contributed by atoms with Gasteiger partial charge in [-0.1, -0.05) is 20.8 Å². The molecule has 3 nitrogen and oxygen atoms in total. The Kier molecular flexibility index (Phi) is 4.07. The number of hydrogen-bond acceptors (Lipinski definition) is 3. The fraction of sp³-hybridized carbons (Fsp3) is 0.588. The number of carbonyl (C=O) groups excluding carboxylic acids is 1. The number of rotatable bonds is 2. The van der Waals surface area contributed by atoms with Crippen LogP contribution >= 0.6 is 0 Å². The zero-order valence-electron chi connectivity index (χ0n) is 13.1. The fourth-order valence-electron chi connectivity index (χ4n) is 3.05. The summed E-state index contributed by atoms with van der Waals surface area (Å²) in [6.45, 7) is 10.7. The average Bonchev–Trinajstić information content (AvgIpc) is 2.38. The summed E-state index contributed by atoms with van der Waals surface area (Å²) < 4.78 is 0. The van der Waals surface area contributed by atoms with Crippen molar-refractivity contribution in [1.29, 1.82) is 0 Å². The molecule has 1 saturated heterocycles. The second-order valence-electron chi connectivity index (χ2n) is 6.96. The first-order valence-corrected chi connectivity index (χ1v) is 7.44. The Morgan fingerprint density at radius 1 is 1.25 bits per heavy atom. The predicted molar refractivity (Wildman–Crippen MR) is 85.3 cm³/mol. The third-order valence-electron chi connectivity index (χ3n) is 4.50. The lowest BCUT2D eigenvalue weighted by Crippen LogP contribution is -2.38. The van der Waals surface area contributed by atoms with Crippen LogP contribution in [0.25, 0.3) is 0 Å². The molecule has 1 heterocycles. The Labute approximate surface area is 122 Å². The van der Waals surface area contributed by atoms with Gasteiger partial charge in [0.15, 0.2) is 5.78 Å². The average molecular weight is 274 g/mol. The first-order chi connectivity index (χ1) is 9.29. The molecule has 0 unspecified atom stereocenters. The highest BCUT2D eigenvalue weighted by molar-refractivity contribution is 6.00. The summed E-state index contributed by atoms with van der Waals surface area (Å²) in [5.74, 6) is 0.814. The zero-order valence-corrected chi connectivity index (χ0v) is 13.1. The minimum Gasteiger partial charge on any atom is -0.398 e. The number of piperidine rings is 1. The summed E-state index contributed by atoms with van der Waals surface area (Å²) in [7, 11) is 0. The van der Waals surface area contributed by atoms with E-state index in [1.165, 1.54) is 12.8 Å². The number of anilines is 2. The van der Waals surface area contributed by atoms with E-state index in [4.69, 9.17) is 5.73 Å². The molecule has 0 atom stereocenters. The molecule has 2 N–H and O–H groups in total. The number of Topliss-reactive ketones (excluding diaryl/α,β-unsaturated/α-hetero) is 1. The monoisotopic (exact) mass is 274 g/mol. The van der Waals surface area contributed by atoms with Crippen LogP contribution < -0.4 is 10.6 Å². The number of hydrogen-bond donors (Lipinski definition) is 1. The maximum absolute atomic E-state index is 11.6. The predicted octanol–water partition coefficient (Wildman–Crippen LogP) is 3.73. The first kappa shape index (κ1) is 14.9. The molecule has 0 aliphatic carbocycles. The Hall–Kier alpha value is -1.51. The van der Waals surface area contributed by atoms with E-state index in [0.717, 1.165) is 24.7 Å². The van der Waals surface area contributed by atoms with Gasteiger partial charge in [0.1, 0.15) is 0 Å². The van der Waals surface area contributed by atoms with Gasteiger partial charge in [0.05, 0.1) is 0 Å². The SMILES string of the molecule is CC(=O)c1cc(N2CCC(C(C)(C)C)CC2)ccc1N. The summed E-state index contributed by atoms with van der Waals surface area (Å²) in [5, 5.41) is 0. The van der Waals surface area contributed by atoms with Gasteiger partial charge in [-0.3, -0.25) is 4.79 Å². The van der Waals surface area contributed by atoms with E-state index in [1.807, 2.05) is 18.2 Å². The largest absolute Gasteiger partial charge is 0.398 e. The molecule has 1 aliphatic rings. The molecule has 1 aromatic carbocycles. The molecular formula is C17H26N2O. The van der Waals surface area contributed by atoms with Gasteiger partial charge < -0.3 is 10.6 Å². The molecule has 3 heteroatoms. The Morgan fingerprint density at radius 3 is 2.35 bits per heavy atom. The van der Waals surface area contributed by atoms with Crippen molar-refractivity contribution in [3.8, 4) is 0 Å². The maximum Gasteiger partial charge on any atom is 0.161 e. The van der Waals surface area contributed by atoms with Crippen molar-refractivity contribution < 1.29 is 4.79 Å². The van der Waals surface area contributed by atoms with Gasteiger partial charge in [-0.25, -0.2) is 0 Å². The van der Waals surface area contributed by atoms with Crippen molar-refractivity contribution in [2.45, 2.75) is 40.5 Å². The summed E-state index contributed by atoms with van der Waals surface area (Å²) in [6.07, 6.45) is 2.42. The molecule has 1 aromatic rings. The highest BCUT2D eigenvalue weighted by Crippen LogP contribution is 2.35. The van der Waals surface area contributed by atoms with Crippen LogP contribution in [-0.2, 0) is 0 Å². The van der Waals surface area contributed by atoms with E-state index in [-0.39, 0.29) is 5.78 Å². The summed E-state index contributed by atoms with van der Waals surface area (Å²) in [4.78, 5) is 14.0. The maximum atomic E-state index is 11.6. The van der Waals surface area contributed by atoms with Crippen molar-refractivity contribution in [3.63, 3.8) is 0 Å². The molecule has 110 valence electrons. The Bertz CT molecular complexity index is 494. The molecular weight excluding hydrogens is 248 g/mol. The van der Waals surface area contributed by atoms with Crippen LogP contribution in [0.3, 0.4) is 0 Å².